The van der Waals surface area contributed by atoms with Crippen LogP contribution in [-0.4, -0.2) is 22.4 Å². The zero-order valence-corrected chi connectivity index (χ0v) is 20.3. The topological polar surface area (TPSA) is 118 Å². The molecule has 2 N–H and O–H groups in total. The second-order valence-corrected chi connectivity index (χ2v) is 8.92. The van der Waals surface area contributed by atoms with E-state index in [1.807, 2.05) is 0 Å². The number of carbonyl (C=O) groups excluding carboxylic acids is 3. The van der Waals surface area contributed by atoms with E-state index in [4.69, 9.17) is 23.2 Å². The Labute approximate surface area is 220 Å². The molecule has 4 aromatic rings. The molecule has 8 nitrogen and oxygen atoms in total. The van der Waals surface area contributed by atoms with Crippen LogP contribution < -0.4 is 10.6 Å². The minimum atomic E-state index is -0.632. The van der Waals surface area contributed by atoms with Gasteiger partial charge in [-0.2, -0.15) is 0 Å². The van der Waals surface area contributed by atoms with Crippen molar-refractivity contribution in [3.8, 4) is 0 Å². The van der Waals surface area contributed by atoms with E-state index in [2.05, 4.69) is 10.6 Å². The van der Waals surface area contributed by atoms with Gasteiger partial charge in [0.2, 0.25) is 0 Å². The number of nitrogens with one attached hydrogen (secondary N) is 2. The predicted octanol–water partition coefficient (Wildman–Crippen LogP) is 6.67. The molecule has 1 aliphatic carbocycles. The van der Waals surface area contributed by atoms with Gasteiger partial charge in [0.1, 0.15) is 0 Å². The molecule has 0 saturated heterocycles. The van der Waals surface area contributed by atoms with Crippen LogP contribution in [0.3, 0.4) is 0 Å². The fraction of sp³-hybridized carbons (Fsp3) is 0. The van der Waals surface area contributed by atoms with E-state index in [1.54, 1.807) is 54.6 Å². The van der Waals surface area contributed by atoms with Crippen LogP contribution in [0.25, 0.3) is 0 Å². The smallest absolute Gasteiger partial charge is 0.272 e. The Bertz CT molecular complexity index is 1610. The van der Waals surface area contributed by atoms with Gasteiger partial charge in [0.05, 0.1) is 43.2 Å². The van der Waals surface area contributed by atoms with E-state index in [0.29, 0.717) is 5.56 Å². The molecule has 0 atom stereocenters. The third-order valence-electron chi connectivity index (χ3n) is 5.86. The number of anilines is 3. The number of hydrogen-bond donors (Lipinski definition) is 2. The summed E-state index contributed by atoms with van der Waals surface area (Å²) in [7, 11) is 0. The number of fused-ring (bicyclic) bond motifs is 2. The van der Waals surface area contributed by atoms with Crippen LogP contribution in [0.2, 0.25) is 10.0 Å². The highest BCUT2D eigenvalue weighted by Crippen LogP contribution is 2.41. The van der Waals surface area contributed by atoms with Gasteiger partial charge in [-0.25, -0.2) is 0 Å². The van der Waals surface area contributed by atoms with E-state index >= 15 is 0 Å². The quantitative estimate of drug-likeness (QED) is 0.193. The molecule has 0 heterocycles. The van der Waals surface area contributed by atoms with Crippen molar-refractivity contribution in [3.05, 3.63) is 127 Å². The van der Waals surface area contributed by atoms with Crippen molar-refractivity contribution in [2.75, 3.05) is 10.6 Å². The molecular weight excluding hydrogens is 517 g/mol. The van der Waals surface area contributed by atoms with Gasteiger partial charge in [-0.3, -0.25) is 24.5 Å². The van der Waals surface area contributed by atoms with Crippen LogP contribution >= 0.6 is 23.2 Å². The maximum Gasteiger partial charge on any atom is 0.272 e. The maximum absolute atomic E-state index is 13.6. The lowest BCUT2D eigenvalue weighted by Crippen LogP contribution is -2.25. The van der Waals surface area contributed by atoms with E-state index in [9.17, 15) is 24.5 Å². The number of rotatable bonds is 5. The molecule has 182 valence electrons. The van der Waals surface area contributed by atoms with Crippen molar-refractivity contribution in [1.29, 1.82) is 0 Å². The van der Waals surface area contributed by atoms with E-state index in [1.165, 1.54) is 12.1 Å². The molecular formula is C27H15Cl2N3O5. The number of carbonyl (C=O) groups is 3. The van der Waals surface area contributed by atoms with Crippen LogP contribution in [0.15, 0.2) is 78.9 Å². The largest absolute Gasteiger partial charge is 0.352 e. The Hall–Kier alpha value is -4.53. The molecule has 10 heteroatoms. The van der Waals surface area contributed by atoms with Gasteiger partial charge in [0, 0.05) is 28.8 Å². The molecule has 4 aromatic carbocycles. The normalized spacial score (nSPS) is 11.9. The SMILES string of the molecule is O=C(Nc1ccc(Nc2c(Cl)cc([N+](=O)[O-])cc2Cl)c2c1C(=O)c1ccccc1C2=O)c1ccccc1. The van der Waals surface area contributed by atoms with E-state index < -0.39 is 22.4 Å². The van der Waals surface area contributed by atoms with Crippen LogP contribution in [0, 0.1) is 10.1 Å². The van der Waals surface area contributed by atoms with Crippen molar-refractivity contribution in [3.63, 3.8) is 0 Å². The summed E-state index contributed by atoms with van der Waals surface area (Å²) in [5.41, 5.74) is 0.971. The number of hydrogen-bond acceptors (Lipinski definition) is 6. The first-order valence-electron chi connectivity index (χ1n) is 10.9. The van der Waals surface area contributed by atoms with Gasteiger partial charge in [0.25, 0.3) is 11.6 Å². The first-order chi connectivity index (χ1) is 17.8. The molecule has 0 aromatic heterocycles. The second kappa shape index (κ2) is 9.50. The molecule has 0 fully saturated rings. The standard InChI is InChI=1S/C27H15Cl2N3O5/c28-18-12-15(32(36)37)13-19(29)24(18)30-20-10-11-21(31-27(35)14-6-2-1-3-7-14)23-22(20)25(33)16-8-4-5-9-17(16)26(23)34/h1-13,30H,(H,31,35). The lowest BCUT2D eigenvalue weighted by Gasteiger charge is -2.24. The van der Waals surface area contributed by atoms with Gasteiger partial charge in [0.15, 0.2) is 11.6 Å². The highest BCUT2D eigenvalue weighted by Gasteiger charge is 2.34. The van der Waals surface area contributed by atoms with Crippen molar-refractivity contribution in [2.45, 2.75) is 0 Å². The average molecular weight is 532 g/mol. The minimum absolute atomic E-state index is 0.00661. The molecule has 1 amide bonds. The van der Waals surface area contributed by atoms with Crippen molar-refractivity contribution >= 4 is 63.4 Å². The number of nitrogens with zero attached hydrogens (tertiary/aromatic N) is 1. The van der Waals surface area contributed by atoms with Crippen molar-refractivity contribution in [2.24, 2.45) is 0 Å². The number of nitro benzene ring substituents is 1. The van der Waals surface area contributed by atoms with E-state index in [0.717, 1.165) is 12.1 Å². The minimum Gasteiger partial charge on any atom is -0.352 e. The summed E-state index contributed by atoms with van der Waals surface area (Å²) in [5, 5.41) is 16.7. The zero-order chi connectivity index (χ0) is 26.3. The summed E-state index contributed by atoms with van der Waals surface area (Å²) in [6.07, 6.45) is 0. The molecule has 0 radical (unpaired) electrons. The van der Waals surface area contributed by atoms with Crippen molar-refractivity contribution in [1.82, 2.24) is 0 Å². The Morgan fingerprint density at radius 3 is 1.84 bits per heavy atom. The maximum atomic E-state index is 13.6. The molecule has 5 rings (SSSR count). The Balaban J connectivity index is 1.65. The second-order valence-electron chi connectivity index (χ2n) is 8.10. The van der Waals surface area contributed by atoms with Crippen LogP contribution in [0.1, 0.15) is 42.2 Å². The number of ketones is 2. The summed E-state index contributed by atoms with van der Waals surface area (Å²) in [6, 6.07) is 20.1. The first-order valence-corrected chi connectivity index (χ1v) is 11.6. The van der Waals surface area contributed by atoms with Gasteiger partial charge < -0.3 is 10.6 Å². The lowest BCUT2D eigenvalue weighted by molar-refractivity contribution is -0.384. The molecule has 0 unspecified atom stereocenters. The summed E-state index contributed by atoms with van der Waals surface area (Å²) < 4.78 is 0. The molecule has 1 aliphatic rings. The fourth-order valence-electron chi connectivity index (χ4n) is 4.13. The van der Waals surface area contributed by atoms with Crippen LogP contribution in [0.4, 0.5) is 22.7 Å². The van der Waals surface area contributed by atoms with Gasteiger partial charge in [-0.05, 0) is 24.3 Å². The molecule has 0 aliphatic heterocycles. The third kappa shape index (κ3) is 4.33. The first kappa shape index (κ1) is 24.2. The highest BCUT2D eigenvalue weighted by atomic mass is 35.5. The van der Waals surface area contributed by atoms with Crippen molar-refractivity contribution < 1.29 is 19.3 Å². The van der Waals surface area contributed by atoms with Gasteiger partial charge >= 0.3 is 0 Å². The summed E-state index contributed by atoms with van der Waals surface area (Å²) in [4.78, 5) is 50.6. The molecule has 0 bridgehead atoms. The van der Waals surface area contributed by atoms with E-state index in [-0.39, 0.29) is 55.0 Å². The van der Waals surface area contributed by atoms with Gasteiger partial charge in [-0.1, -0.05) is 65.7 Å². The molecule has 0 spiro atoms. The molecule has 37 heavy (non-hydrogen) atoms. The monoisotopic (exact) mass is 531 g/mol. The van der Waals surface area contributed by atoms with Gasteiger partial charge in [-0.15, -0.1) is 0 Å². The molecule has 0 saturated carbocycles. The number of non-ortho nitro benzene ring substituents is 1. The lowest BCUT2D eigenvalue weighted by atomic mass is 9.82. The number of benzene rings is 4. The Morgan fingerprint density at radius 1 is 0.757 bits per heavy atom. The summed E-state index contributed by atoms with van der Waals surface area (Å²) in [5.74, 6) is -1.35. The highest BCUT2D eigenvalue weighted by molar-refractivity contribution is 6.40. The predicted molar refractivity (Wildman–Crippen MR) is 141 cm³/mol. The van der Waals surface area contributed by atoms with Crippen LogP contribution in [-0.2, 0) is 0 Å². The average Bonchev–Trinajstić information content (AvgIpc) is 2.90. The summed E-state index contributed by atoms with van der Waals surface area (Å²) in [6.45, 7) is 0. The third-order valence-corrected chi connectivity index (χ3v) is 6.45. The number of nitro groups is 1. The number of halogens is 2. The Morgan fingerprint density at radius 2 is 1.27 bits per heavy atom. The van der Waals surface area contributed by atoms with Crippen LogP contribution in [0.5, 0.6) is 0 Å². The number of amides is 1. The zero-order valence-electron chi connectivity index (χ0n) is 18.7. The summed E-state index contributed by atoms with van der Waals surface area (Å²) >= 11 is 12.5. The fourth-order valence-corrected chi connectivity index (χ4v) is 4.70. The Kier molecular flexibility index (Phi) is 6.20.